The van der Waals surface area contributed by atoms with Crippen LogP contribution in [0.5, 0.6) is 0 Å². The summed E-state index contributed by atoms with van der Waals surface area (Å²) in [5, 5.41) is 9.70. The van der Waals surface area contributed by atoms with E-state index in [1.165, 1.54) is 0 Å². The molecule has 0 bridgehead atoms. The molecule has 1 N–H and O–H groups in total. The van der Waals surface area contributed by atoms with Crippen molar-refractivity contribution in [3.8, 4) is 11.8 Å². The molecule has 1 rings (SSSR count). The van der Waals surface area contributed by atoms with Crippen LogP contribution >= 0.6 is 0 Å². The first kappa shape index (κ1) is 10.1. The van der Waals surface area contributed by atoms with Gasteiger partial charge in [-0.2, -0.15) is 0 Å². The Bertz CT molecular complexity index is 275. The Morgan fingerprint density at radius 1 is 1.62 bits per heavy atom. The Balaban J connectivity index is 2.72. The van der Waals surface area contributed by atoms with Crippen molar-refractivity contribution in [3.05, 3.63) is 23.8 Å². The second kappa shape index (κ2) is 4.89. The maximum absolute atomic E-state index is 9.70. The highest BCUT2D eigenvalue weighted by Gasteiger charge is 2.19. The Morgan fingerprint density at radius 3 is 3.00 bits per heavy atom. The SMILES string of the molecule is CC#C/C=C(/C)C1C=CCC[C@H]1O. The van der Waals surface area contributed by atoms with Crippen molar-refractivity contribution >= 4 is 0 Å². The van der Waals surface area contributed by atoms with E-state index in [1.807, 2.05) is 19.9 Å². The highest BCUT2D eigenvalue weighted by atomic mass is 16.3. The number of hydrogen-bond acceptors (Lipinski definition) is 1. The van der Waals surface area contributed by atoms with Crippen molar-refractivity contribution in [1.82, 2.24) is 0 Å². The fourth-order valence-electron chi connectivity index (χ4n) is 1.56. The van der Waals surface area contributed by atoms with Crippen LogP contribution in [-0.4, -0.2) is 11.2 Å². The standard InChI is InChI=1S/C12H16O/c1-3-4-7-10(2)11-8-5-6-9-12(11)13/h5,7-8,11-13H,6,9H2,1-2H3/b10-7-/t11?,12-/m1/s1. The molecule has 70 valence electrons. The van der Waals surface area contributed by atoms with Crippen LogP contribution in [0.4, 0.5) is 0 Å². The predicted octanol–water partition coefficient (Wildman–Crippen LogP) is 2.28. The molecule has 0 aliphatic heterocycles. The van der Waals surface area contributed by atoms with Gasteiger partial charge in [-0.25, -0.2) is 0 Å². The van der Waals surface area contributed by atoms with Gasteiger partial charge in [0.05, 0.1) is 6.10 Å². The maximum atomic E-state index is 9.70. The number of aliphatic hydroxyl groups is 1. The summed E-state index contributed by atoms with van der Waals surface area (Å²) in [6.45, 7) is 3.84. The highest BCUT2D eigenvalue weighted by molar-refractivity contribution is 5.25. The summed E-state index contributed by atoms with van der Waals surface area (Å²) in [4.78, 5) is 0. The van der Waals surface area contributed by atoms with Gasteiger partial charge >= 0.3 is 0 Å². The second-order valence-corrected chi connectivity index (χ2v) is 3.38. The lowest BCUT2D eigenvalue weighted by Crippen LogP contribution is -2.21. The normalized spacial score (nSPS) is 28.1. The van der Waals surface area contributed by atoms with Gasteiger partial charge < -0.3 is 5.11 Å². The molecule has 0 heterocycles. The summed E-state index contributed by atoms with van der Waals surface area (Å²) in [6.07, 6.45) is 7.74. The summed E-state index contributed by atoms with van der Waals surface area (Å²) in [7, 11) is 0. The van der Waals surface area contributed by atoms with E-state index in [2.05, 4.69) is 24.0 Å². The Labute approximate surface area is 80.2 Å². The minimum Gasteiger partial charge on any atom is -0.392 e. The van der Waals surface area contributed by atoms with Crippen LogP contribution in [0.3, 0.4) is 0 Å². The molecule has 0 saturated heterocycles. The lowest BCUT2D eigenvalue weighted by atomic mass is 9.87. The molecule has 0 saturated carbocycles. The van der Waals surface area contributed by atoms with Gasteiger partial charge in [0.25, 0.3) is 0 Å². The average Bonchev–Trinajstić information content (AvgIpc) is 2.15. The molecule has 0 aromatic rings. The summed E-state index contributed by atoms with van der Waals surface area (Å²) in [6, 6.07) is 0. The zero-order valence-corrected chi connectivity index (χ0v) is 8.25. The zero-order chi connectivity index (χ0) is 9.68. The molecule has 0 amide bonds. The van der Waals surface area contributed by atoms with E-state index in [0.29, 0.717) is 0 Å². The fourth-order valence-corrected chi connectivity index (χ4v) is 1.56. The first-order valence-corrected chi connectivity index (χ1v) is 4.69. The van der Waals surface area contributed by atoms with Crippen molar-refractivity contribution in [3.63, 3.8) is 0 Å². The van der Waals surface area contributed by atoms with Crippen LogP contribution in [-0.2, 0) is 0 Å². The van der Waals surface area contributed by atoms with Gasteiger partial charge in [-0.15, -0.1) is 5.92 Å². The Hall–Kier alpha value is -1.00. The Kier molecular flexibility index (Phi) is 3.79. The topological polar surface area (TPSA) is 20.2 Å². The van der Waals surface area contributed by atoms with Crippen molar-refractivity contribution in [2.45, 2.75) is 32.8 Å². The highest BCUT2D eigenvalue weighted by Crippen LogP contribution is 2.24. The molecule has 1 aliphatic carbocycles. The van der Waals surface area contributed by atoms with E-state index in [-0.39, 0.29) is 12.0 Å². The van der Waals surface area contributed by atoms with Crippen molar-refractivity contribution < 1.29 is 5.11 Å². The van der Waals surface area contributed by atoms with Crippen LogP contribution in [0.1, 0.15) is 26.7 Å². The molecule has 1 unspecified atom stereocenters. The third-order valence-corrected chi connectivity index (χ3v) is 2.36. The number of allylic oxidation sites excluding steroid dienone is 2. The largest absolute Gasteiger partial charge is 0.392 e. The van der Waals surface area contributed by atoms with E-state index >= 15 is 0 Å². The maximum Gasteiger partial charge on any atom is 0.0643 e. The predicted molar refractivity (Wildman–Crippen MR) is 55.1 cm³/mol. The lowest BCUT2D eigenvalue weighted by Gasteiger charge is -2.23. The summed E-state index contributed by atoms with van der Waals surface area (Å²) in [5.74, 6) is 5.90. The van der Waals surface area contributed by atoms with E-state index in [4.69, 9.17) is 0 Å². The van der Waals surface area contributed by atoms with Gasteiger partial charge in [0.2, 0.25) is 0 Å². The minimum absolute atomic E-state index is 0.176. The first-order chi connectivity index (χ1) is 6.25. The van der Waals surface area contributed by atoms with Crippen molar-refractivity contribution in [2.24, 2.45) is 5.92 Å². The van der Waals surface area contributed by atoms with E-state index in [1.54, 1.807) is 0 Å². The van der Waals surface area contributed by atoms with Gasteiger partial charge in [0.15, 0.2) is 0 Å². The van der Waals surface area contributed by atoms with Gasteiger partial charge in [0.1, 0.15) is 0 Å². The molecular weight excluding hydrogens is 160 g/mol. The second-order valence-electron chi connectivity index (χ2n) is 3.38. The van der Waals surface area contributed by atoms with Crippen molar-refractivity contribution in [2.75, 3.05) is 0 Å². The van der Waals surface area contributed by atoms with Gasteiger partial charge in [0, 0.05) is 5.92 Å². The lowest BCUT2D eigenvalue weighted by molar-refractivity contribution is 0.130. The molecule has 13 heavy (non-hydrogen) atoms. The van der Waals surface area contributed by atoms with E-state index < -0.39 is 0 Å². The zero-order valence-electron chi connectivity index (χ0n) is 8.25. The molecule has 0 spiro atoms. The minimum atomic E-state index is -0.222. The van der Waals surface area contributed by atoms with Gasteiger partial charge in [-0.05, 0) is 32.8 Å². The van der Waals surface area contributed by atoms with Crippen LogP contribution < -0.4 is 0 Å². The third kappa shape index (κ3) is 2.75. The molecule has 0 fully saturated rings. The molecule has 2 atom stereocenters. The average molecular weight is 176 g/mol. The molecule has 1 aliphatic rings. The number of rotatable bonds is 1. The third-order valence-electron chi connectivity index (χ3n) is 2.36. The summed E-state index contributed by atoms with van der Waals surface area (Å²) in [5.41, 5.74) is 1.15. The van der Waals surface area contributed by atoms with Crippen LogP contribution in [0, 0.1) is 17.8 Å². The van der Waals surface area contributed by atoms with E-state index in [0.717, 1.165) is 18.4 Å². The molecule has 0 radical (unpaired) electrons. The molecule has 1 heteroatoms. The van der Waals surface area contributed by atoms with Crippen molar-refractivity contribution in [1.29, 1.82) is 0 Å². The van der Waals surface area contributed by atoms with Gasteiger partial charge in [-0.3, -0.25) is 0 Å². The Morgan fingerprint density at radius 2 is 2.38 bits per heavy atom. The van der Waals surface area contributed by atoms with Crippen LogP contribution in [0.25, 0.3) is 0 Å². The molecule has 0 aromatic heterocycles. The molecule has 1 nitrogen and oxygen atoms in total. The van der Waals surface area contributed by atoms with Crippen LogP contribution in [0.2, 0.25) is 0 Å². The fraction of sp³-hybridized carbons (Fsp3) is 0.500. The number of aliphatic hydroxyl groups excluding tert-OH is 1. The van der Waals surface area contributed by atoms with Crippen LogP contribution in [0.15, 0.2) is 23.8 Å². The quantitative estimate of drug-likeness (QED) is 0.480. The molecule has 0 aromatic carbocycles. The monoisotopic (exact) mass is 176 g/mol. The smallest absolute Gasteiger partial charge is 0.0643 e. The number of hydrogen-bond donors (Lipinski definition) is 1. The molecular formula is C12H16O. The van der Waals surface area contributed by atoms with E-state index in [9.17, 15) is 5.11 Å². The summed E-state index contributed by atoms with van der Waals surface area (Å²) < 4.78 is 0. The summed E-state index contributed by atoms with van der Waals surface area (Å²) >= 11 is 0. The van der Waals surface area contributed by atoms with Gasteiger partial charge in [-0.1, -0.05) is 23.6 Å². The first-order valence-electron chi connectivity index (χ1n) is 4.69.